The summed E-state index contributed by atoms with van der Waals surface area (Å²) >= 11 is 0. The molecular weight excluding hydrogens is 310 g/mol. The molecule has 3 nitrogen and oxygen atoms in total. The molecule has 0 spiro atoms. The van der Waals surface area contributed by atoms with Gasteiger partial charge in [-0.05, 0) is 61.3 Å². The predicted octanol–water partition coefficient (Wildman–Crippen LogP) is 4.76. The molecule has 1 fully saturated rings. The fourth-order valence-corrected chi connectivity index (χ4v) is 3.49. The third kappa shape index (κ3) is 4.93. The Labute approximate surface area is 149 Å². The number of carbonyl (C=O) groups excluding carboxylic acids is 1. The van der Waals surface area contributed by atoms with Crippen molar-refractivity contribution in [1.29, 1.82) is 5.26 Å². The fraction of sp³-hybridized carbons (Fsp3) is 0.364. The minimum Gasteiger partial charge on any atom is -0.462 e. The lowest BCUT2D eigenvalue weighted by molar-refractivity contribution is -0.155. The molecule has 2 atom stereocenters. The van der Waals surface area contributed by atoms with Crippen LogP contribution in [0.4, 0.5) is 0 Å². The molecule has 0 saturated carbocycles. The van der Waals surface area contributed by atoms with Crippen molar-refractivity contribution in [2.75, 3.05) is 0 Å². The standard InChI is InChI=1S/C22H23NO2/c23-16-18-12-10-17(11-13-18)6-4-5-9-21-14-20(15-22(24)25-21)19-7-2-1-3-8-19/h1-3,7-8,10-13,20-21H,4-6,9,14-15H2/t20-,21+/m0/s1. The molecule has 3 heteroatoms. The maximum atomic E-state index is 11.9. The largest absolute Gasteiger partial charge is 0.462 e. The van der Waals surface area contributed by atoms with Crippen molar-refractivity contribution < 1.29 is 9.53 Å². The maximum Gasteiger partial charge on any atom is 0.306 e. The monoisotopic (exact) mass is 333 g/mol. The van der Waals surface area contributed by atoms with Crippen LogP contribution in [0.15, 0.2) is 54.6 Å². The average molecular weight is 333 g/mol. The Morgan fingerprint density at radius 3 is 2.52 bits per heavy atom. The normalized spacial score (nSPS) is 19.9. The molecule has 0 aliphatic carbocycles. The first-order valence-electron chi connectivity index (χ1n) is 8.98. The second-order valence-corrected chi connectivity index (χ2v) is 6.71. The third-order valence-corrected chi connectivity index (χ3v) is 4.85. The van der Waals surface area contributed by atoms with Crippen LogP contribution in [0.5, 0.6) is 0 Å². The molecule has 0 N–H and O–H groups in total. The van der Waals surface area contributed by atoms with E-state index in [2.05, 4.69) is 18.2 Å². The zero-order valence-electron chi connectivity index (χ0n) is 14.4. The molecule has 3 rings (SSSR count). The Morgan fingerprint density at radius 2 is 1.80 bits per heavy atom. The number of hydrogen-bond donors (Lipinski definition) is 0. The molecule has 0 aromatic heterocycles. The number of benzene rings is 2. The van der Waals surface area contributed by atoms with Crippen LogP contribution >= 0.6 is 0 Å². The molecule has 1 aliphatic rings. The van der Waals surface area contributed by atoms with Gasteiger partial charge in [-0.2, -0.15) is 5.26 Å². The van der Waals surface area contributed by atoms with E-state index in [4.69, 9.17) is 10.00 Å². The molecule has 1 saturated heterocycles. The van der Waals surface area contributed by atoms with E-state index < -0.39 is 0 Å². The van der Waals surface area contributed by atoms with Gasteiger partial charge in [-0.1, -0.05) is 42.5 Å². The Balaban J connectivity index is 1.46. The Bertz CT molecular complexity index is 731. The second-order valence-electron chi connectivity index (χ2n) is 6.71. The molecular formula is C22H23NO2. The van der Waals surface area contributed by atoms with E-state index in [1.807, 2.05) is 42.5 Å². The van der Waals surface area contributed by atoms with Gasteiger partial charge in [-0.25, -0.2) is 0 Å². The number of cyclic esters (lactones) is 1. The van der Waals surface area contributed by atoms with Crippen LogP contribution < -0.4 is 0 Å². The van der Waals surface area contributed by atoms with Crippen LogP contribution in [0, 0.1) is 11.3 Å². The Morgan fingerprint density at radius 1 is 1.04 bits per heavy atom. The number of ether oxygens (including phenoxy) is 1. The van der Waals surface area contributed by atoms with Gasteiger partial charge in [0.05, 0.1) is 18.1 Å². The first-order valence-corrected chi connectivity index (χ1v) is 8.98. The minimum absolute atomic E-state index is 0.0346. The van der Waals surface area contributed by atoms with Crippen molar-refractivity contribution in [3.8, 4) is 6.07 Å². The van der Waals surface area contributed by atoms with E-state index in [0.717, 1.165) is 32.1 Å². The van der Waals surface area contributed by atoms with Gasteiger partial charge >= 0.3 is 5.97 Å². The molecule has 128 valence electrons. The van der Waals surface area contributed by atoms with Crippen LogP contribution in [0.3, 0.4) is 0 Å². The molecule has 1 heterocycles. The van der Waals surface area contributed by atoms with E-state index >= 15 is 0 Å². The summed E-state index contributed by atoms with van der Waals surface area (Å²) in [6, 6.07) is 20.2. The highest BCUT2D eigenvalue weighted by molar-refractivity contribution is 5.71. The molecule has 0 amide bonds. The molecule has 2 aromatic carbocycles. The van der Waals surface area contributed by atoms with Crippen molar-refractivity contribution >= 4 is 5.97 Å². The van der Waals surface area contributed by atoms with Gasteiger partial charge in [0, 0.05) is 0 Å². The highest BCUT2D eigenvalue weighted by Gasteiger charge is 2.29. The predicted molar refractivity (Wildman–Crippen MR) is 97.0 cm³/mol. The third-order valence-electron chi connectivity index (χ3n) is 4.85. The first-order chi connectivity index (χ1) is 12.2. The molecule has 2 aromatic rings. The highest BCUT2D eigenvalue weighted by atomic mass is 16.5. The van der Waals surface area contributed by atoms with Gasteiger partial charge in [-0.3, -0.25) is 4.79 Å². The van der Waals surface area contributed by atoms with Crippen LogP contribution in [-0.2, 0) is 16.0 Å². The van der Waals surface area contributed by atoms with Crippen molar-refractivity contribution in [3.63, 3.8) is 0 Å². The van der Waals surface area contributed by atoms with Crippen LogP contribution in [0.1, 0.15) is 54.7 Å². The maximum absolute atomic E-state index is 11.9. The van der Waals surface area contributed by atoms with Gasteiger partial charge in [0.25, 0.3) is 0 Å². The number of carbonyl (C=O) groups is 1. The van der Waals surface area contributed by atoms with E-state index in [9.17, 15) is 4.79 Å². The smallest absolute Gasteiger partial charge is 0.306 e. The van der Waals surface area contributed by atoms with Gasteiger partial charge < -0.3 is 4.74 Å². The number of esters is 1. The molecule has 25 heavy (non-hydrogen) atoms. The van der Waals surface area contributed by atoms with Crippen molar-refractivity contribution in [2.45, 2.75) is 50.5 Å². The zero-order chi connectivity index (χ0) is 17.5. The highest BCUT2D eigenvalue weighted by Crippen LogP contribution is 2.32. The van der Waals surface area contributed by atoms with Crippen molar-refractivity contribution in [1.82, 2.24) is 0 Å². The lowest BCUT2D eigenvalue weighted by atomic mass is 9.87. The Kier molecular flexibility index (Phi) is 5.85. The quantitative estimate of drug-likeness (QED) is 0.565. The second kappa shape index (κ2) is 8.48. The minimum atomic E-state index is -0.0720. The average Bonchev–Trinajstić information content (AvgIpc) is 2.66. The van der Waals surface area contributed by atoms with E-state index in [1.165, 1.54) is 11.1 Å². The summed E-state index contributed by atoms with van der Waals surface area (Å²) in [5.41, 5.74) is 3.19. The molecule has 1 aliphatic heterocycles. The lowest BCUT2D eigenvalue weighted by Gasteiger charge is -2.29. The lowest BCUT2D eigenvalue weighted by Crippen LogP contribution is -2.28. The summed E-state index contributed by atoms with van der Waals surface area (Å²) in [4.78, 5) is 11.9. The van der Waals surface area contributed by atoms with E-state index in [1.54, 1.807) is 0 Å². The summed E-state index contributed by atoms with van der Waals surface area (Å²) in [6.45, 7) is 0. The summed E-state index contributed by atoms with van der Waals surface area (Å²) in [5.74, 6) is 0.211. The fourth-order valence-electron chi connectivity index (χ4n) is 3.49. The SMILES string of the molecule is N#Cc1ccc(CCCC[C@@H]2C[C@H](c3ccccc3)CC(=O)O2)cc1. The van der Waals surface area contributed by atoms with Crippen molar-refractivity contribution in [3.05, 3.63) is 71.3 Å². The first kappa shape index (κ1) is 17.2. The van der Waals surface area contributed by atoms with Crippen LogP contribution in [0.25, 0.3) is 0 Å². The van der Waals surface area contributed by atoms with Crippen LogP contribution in [-0.4, -0.2) is 12.1 Å². The number of nitrogens with zero attached hydrogens (tertiary/aromatic N) is 1. The summed E-state index contributed by atoms with van der Waals surface area (Å²) in [7, 11) is 0. The number of hydrogen-bond acceptors (Lipinski definition) is 3. The number of aryl methyl sites for hydroxylation is 1. The van der Waals surface area contributed by atoms with Crippen molar-refractivity contribution in [2.24, 2.45) is 0 Å². The molecule has 0 radical (unpaired) electrons. The topological polar surface area (TPSA) is 50.1 Å². The summed E-state index contributed by atoms with van der Waals surface area (Å²) in [6.07, 6.45) is 5.47. The van der Waals surface area contributed by atoms with Gasteiger partial charge in [-0.15, -0.1) is 0 Å². The summed E-state index contributed by atoms with van der Waals surface area (Å²) in [5, 5.41) is 8.82. The summed E-state index contributed by atoms with van der Waals surface area (Å²) < 4.78 is 5.55. The number of rotatable bonds is 6. The zero-order valence-corrected chi connectivity index (χ0v) is 14.4. The number of unbranched alkanes of at least 4 members (excludes halogenated alkanes) is 1. The molecule has 0 bridgehead atoms. The van der Waals surface area contributed by atoms with Gasteiger partial charge in [0.2, 0.25) is 0 Å². The van der Waals surface area contributed by atoms with Gasteiger partial charge in [0.15, 0.2) is 0 Å². The van der Waals surface area contributed by atoms with E-state index in [-0.39, 0.29) is 18.0 Å². The molecule has 0 unspecified atom stereocenters. The Hall–Kier alpha value is -2.60. The van der Waals surface area contributed by atoms with E-state index in [0.29, 0.717) is 12.0 Å². The van der Waals surface area contributed by atoms with Gasteiger partial charge in [0.1, 0.15) is 6.10 Å². The number of nitriles is 1. The van der Waals surface area contributed by atoms with Crippen LogP contribution in [0.2, 0.25) is 0 Å².